The van der Waals surface area contributed by atoms with E-state index in [0.29, 0.717) is 19.3 Å². The third kappa shape index (κ3) is 45.4. The van der Waals surface area contributed by atoms with Gasteiger partial charge in [0.25, 0.3) is 0 Å². The Morgan fingerprint density at radius 3 is 1.08 bits per heavy atom. The van der Waals surface area contributed by atoms with Crippen LogP contribution in [0.25, 0.3) is 0 Å². The van der Waals surface area contributed by atoms with E-state index < -0.39 is 57.8 Å². The van der Waals surface area contributed by atoms with Crippen LogP contribution in [0.3, 0.4) is 0 Å². The summed E-state index contributed by atoms with van der Waals surface area (Å²) in [6.07, 6.45) is 43.3. The first-order valence-corrected chi connectivity index (χ1v) is 28.1. The van der Waals surface area contributed by atoms with E-state index in [-0.39, 0.29) is 25.9 Å². The van der Waals surface area contributed by atoms with E-state index in [1.165, 1.54) is 141 Å². The highest BCUT2D eigenvalue weighted by Crippen LogP contribution is 2.43. The van der Waals surface area contributed by atoms with Crippen molar-refractivity contribution in [2.24, 2.45) is 0 Å². The number of allylic oxidation sites excluding steroid dienone is 2. The lowest BCUT2D eigenvalue weighted by molar-refractivity contribution is -0.161. The minimum Gasteiger partial charge on any atom is -0.462 e. The van der Waals surface area contributed by atoms with Crippen LogP contribution in [0, 0.1) is 0 Å². The molecule has 0 radical (unpaired) electrons. The van der Waals surface area contributed by atoms with E-state index in [2.05, 4.69) is 32.9 Å². The maximum absolute atomic E-state index is 12.8. The summed E-state index contributed by atoms with van der Waals surface area (Å²) >= 11 is 0. The average Bonchev–Trinajstić information content (AvgIpc) is 3.28. The number of phosphoric acid groups is 1. The Kier molecular flexibility index (Phi) is 46.4. The van der Waals surface area contributed by atoms with Crippen LogP contribution in [0.5, 0.6) is 0 Å². The number of rotatable bonds is 50. The molecule has 0 saturated heterocycles. The molecule has 378 valence electrons. The molecule has 0 fully saturated rings. The number of ether oxygens (including phenoxy) is 3. The van der Waals surface area contributed by atoms with Crippen molar-refractivity contribution >= 4 is 25.7 Å². The molecule has 0 aromatic heterocycles. The predicted molar refractivity (Wildman–Crippen MR) is 261 cm³/mol. The van der Waals surface area contributed by atoms with Crippen LogP contribution in [-0.2, 0) is 42.2 Å². The van der Waals surface area contributed by atoms with Gasteiger partial charge in [0, 0.05) is 19.3 Å². The standard InChI is InChI=1S/C52H99O11P/c1-4-7-10-13-16-19-21-22-23-24-25-26-28-31-34-37-40-43-52(56)63-49(45-59-50(54)41-38-35-32-30-27-20-17-14-11-8-5-2)47-61-64(57,58)60-46-48(44-53)62-51(55)42-39-36-33-29-18-15-12-9-6-3/h22-23,48-49,53H,4-21,24-47H2,1-3H3,(H,57,58)/b23-22-. The van der Waals surface area contributed by atoms with Crippen molar-refractivity contribution < 1.29 is 52.2 Å². The fraction of sp³-hybridized carbons (Fsp3) is 0.904. The van der Waals surface area contributed by atoms with Gasteiger partial charge in [0.2, 0.25) is 0 Å². The highest BCUT2D eigenvalue weighted by molar-refractivity contribution is 7.47. The number of esters is 3. The lowest BCUT2D eigenvalue weighted by Gasteiger charge is -2.21. The van der Waals surface area contributed by atoms with Gasteiger partial charge >= 0.3 is 25.7 Å². The zero-order valence-corrected chi connectivity index (χ0v) is 42.4. The molecule has 0 saturated carbocycles. The molecule has 3 atom stereocenters. The zero-order chi connectivity index (χ0) is 47.0. The summed E-state index contributed by atoms with van der Waals surface area (Å²) in [5, 5.41) is 9.74. The Bertz CT molecular complexity index is 1130. The quantitative estimate of drug-likeness (QED) is 0.0197. The highest BCUT2D eigenvalue weighted by Gasteiger charge is 2.28. The molecule has 0 aliphatic heterocycles. The van der Waals surface area contributed by atoms with Gasteiger partial charge in [-0.25, -0.2) is 4.57 Å². The molecule has 0 amide bonds. The van der Waals surface area contributed by atoms with E-state index in [1.807, 2.05) is 0 Å². The Morgan fingerprint density at radius 2 is 0.719 bits per heavy atom. The molecule has 0 bridgehead atoms. The molecule has 0 aromatic rings. The van der Waals surface area contributed by atoms with Crippen molar-refractivity contribution in [3.8, 4) is 0 Å². The molecule has 64 heavy (non-hydrogen) atoms. The second kappa shape index (κ2) is 47.7. The monoisotopic (exact) mass is 931 g/mol. The van der Waals surface area contributed by atoms with Crippen LogP contribution in [0.2, 0.25) is 0 Å². The Labute approximate surface area is 392 Å². The molecule has 0 rings (SSSR count). The van der Waals surface area contributed by atoms with Crippen molar-refractivity contribution in [3.05, 3.63) is 12.2 Å². The largest absolute Gasteiger partial charge is 0.472 e. The fourth-order valence-electron chi connectivity index (χ4n) is 7.59. The Hall–Kier alpha value is -1.78. The van der Waals surface area contributed by atoms with Gasteiger partial charge in [-0.05, 0) is 44.9 Å². The first-order valence-electron chi connectivity index (χ1n) is 26.6. The molecular weight excluding hydrogens is 832 g/mol. The second-order valence-electron chi connectivity index (χ2n) is 18.1. The minimum absolute atomic E-state index is 0.169. The summed E-state index contributed by atoms with van der Waals surface area (Å²) < 4.78 is 39.3. The number of hydrogen-bond acceptors (Lipinski definition) is 10. The van der Waals surface area contributed by atoms with Crippen LogP contribution in [0.1, 0.15) is 265 Å². The van der Waals surface area contributed by atoms with Crippen LogP contribution < -0.4 is 0 Å². The normalized spacial score (nSPS) is 13.5. The number of carbonyl (C=O) groups excluding carboxylic acids is 3. The van der Waals surface area contributed by atoms with Gasteiger partial charge in [0.05, 0.1) is 19.8 Å². The van der Waals surface area contributed by atoms with E-state index in [1.54, 1.807) is 0 Å². The number of hydrogen-bond donors (Lipinski definition) is 2. The molecule has 12 heteroatoms. The average molecular weight is 931 g/mol. The minimum atomic E-state index is -4.73. The van der Waals surface area contributed by atoms with E-state index in [9.17, 15) is 28.9 Å². The van der Waals surface area contributed by atoms with Crippen molar-refractivity contribution in [2.75, 3.05) is 26.4 Å². The van der Waals surface area contributed by atoms with E-state index in [0.717, 1.165) is 64.2 Å². The molecule has 2 N–H and O–H groups in total. The number of aliphatic hydroxyl groups excluding tert-OH is 1. The third-order valence-corrected chi connectivity index (χ3v) is 12.6. The smallest absolute Gasteiger partial charge is 0.462 e. The summed E-state index contributed by atoms with van der Waals surface area (Å²) in [4.78, 5) is 48.2. The number of phosphoric ester groups is 1. The van der Waals surface area contributed by atoms with Crippen LogP contribution >= 0.6 is 7.82 Å². The number of carbonyl (C=O) groups is 3. The zero-order valence-electron chi connectivity index (χ0n) is 41.5. The summed E-state index contributed by atoms with van der Waals surface area (Å²) in [6.45, 7) is 4.63. The van der Waals surface area contributed by atoms with Gasteiger partial charge in [-0.1, -0.05) is 213 Å². The van der Waals surface area contributed by atoms with Gasteiger partial charge in [-0.15, -0.1) is 0 Å². The molecule has 11 nitrogen and oxygen atoms in total. The van der Waals surface area contributed by atoms with Gasteiger partial charge < -0.3 is 24.2 Å². The summed E-state index contributed by atoms with van der Waals surface area (Å²) in [5.41, 5.74) is 0. The maximum Gasteiger partial charge on any atom is 0.472 e. The molecule has 0 heterocycles. The molecule has 0 aromatic carbocycles. The molecule has 0 spiro atoms. The SMILES string of the molecule is CCCCCCCC/C=C\CCCCCCCCCC(=O)OC(COC(=O)CCCCCCCCCCCCC)COP(=O)(O)OCC(CO)OC(=O)CCCCCCCCCCC. The van der Waals surface area contributed by atoms with Crippen molar-refractivity contribution in [3.63, 3.8) is 0 Å². The maximum atomic E-state index is 12.8. The van der Waals surface area contributed by atoms with Crippen molar-refractivity contribution in [1.82, 2.24) is 0 Å². The molecule has 0 aliphatic rings. The highest BCUT2D eigenvalue weighted by atomic mass is 31.2. The molecular formula is C52H99O11P. The van der Waals surface area contributed by atoms with Crippen LogP contribution in [0.15, 0.2) is 12.2 Å². The lowest BCUT2D eigenvalue weighted by atomic mass is 10.1. The Morgan fingerprint density at radius 1 is 0.422 bits per heavy atom. The topological polar surface area (TPSA) is 155 Å². The summed E-state index contributed by atoms with van der Waals surface area (Å²) in [6, 6.07) is 0. The molecule has 3 unspecified atom stereocenters. The first-order chi connectivity index (χ1) is 31.2. The fourth-order valence-corrected chi connectivity index (χ4v) is 8.37. The number of unbranched alkanes of at least 4 members (excludes halogenated alkanes) is 31. The van der Waals surface area contributed by atoms with E-state index >= 15 is 0 Å². The lowest BCUT2D eigenvalue weighted by Crippen LogP contribution is -2.30. The van der Waals surface area contributed by atoms with Crippen LogP contribution in [0.4, 0.5) is 0 Å². The van der Waals surface area contributed by atoms with Gasteiger partial charge in [0.15, 0.2) is 6.10 Å². The van der Waals surface area contributed by atoms with Gasteiger partial charge in [-0.3, -0.25) is 23.4 Å². The summed E-state index contributed by atoms with van der Waals surface area (Å²) in [7, 11) is -4.73. The van der Waals surface area contributed by atoms with Crippen molar-refractivity contribution in [1.29, 1.82) is 0 Å². The summed E-state index contributed by atoms with van der Waals surface area (Å²) in [5.74, 6) is -1.45. The van der Waals surface area contributed by atoms with E-state index in [4.69, 9.17) is 23.3 Å². The third-order valence-electron chi connectivity index (χ3n) is 11.7. The Balaban J connectivity index is 4.69. The first kappa shape index (κ1) is 62.2. The van der Waals surface area contributed by atoms with Gasteiger partial charge in [0.1, 0.15) is 12.7 Å². The van der Waals surface area contributed by atoms with Crippen molar-refractivity contribution in [2.45, 2.75) is 277 Å². The predicted octanol–water partition coefficient (Wildman–Crippen LogP) is 14.9. The van der Waals surface area contributed by atoms with Crippen LogP contribution in [-0.4, -0.2) is 66.5 Å². The molecule has 0 aliphatic carbocycles. The number of aliphatic hydroxyl groups is 1. The second-order valence-corrected chi connectivity index (χ2v) is 19.5. The van der Waals surface area contributed by atoms with Gasteiger partial charge in [-0.2, -0.15) is 0 Å².